The molecule has 4 heteroatoms. The summed E-state index contributed by atoms with van der Waals surface area (Å²) in [5.74, 6) is 0.341. The van der Waals surface area contributed by atoms with Gasteiger partial charge in [0.15, 0.2) is 0 Å². The van der Waals surface area contributed by atoms with Crippen molar-refractivity contribution in [2.45, 2.75) is 25.2 Å². The van der Waals surface area contributed by atoms with Crippen LogP contribution in [0.1, 0.15) is 35.6 Å². The summed E-state index contributed by atoms with van der Waals surface area (Å²) in [6, 6.07) is 8.56. The van der Waals surface area contributed by atoms with Crippen molar-refractivity contribution in [2.75, 3.05) is 0 Å². The van der Waals surface area contributed by atoms with Gasteiger partial charge < -0.3 is 0 Å². The first-order chi connectivity index (χ1) is 7.95. The minimum absolute atomic E-state index is 0.341. The molecule has 80 valence electrons. The van der Waals surface area contributed by atoms with Crippen LogP contribution in [0.25, 0.3) is 0 Å². The highest BCUT2D eigenvalue weighted by molar-refractivity contribution is 5.36. The molecule has 16 heavy (non-hydrogen) atoms. The van der Waals surface area contributed by atoms with Crippen LogP contribution in [-0.2, 0) is 6.42 Å². The molecule has 0 saturated heterocycles. The van der Waals surface area contributed by atoms with Gasteiger partial charge in [-0.1, -0.05) is 24.3 Å². The van der Waals surface area contributed by atoms with Crippen LogP contribution in [-0.4, -0.2) is 20.6 Å². The standard InChI is InChI=1S/C12H12N4/c1-2-6-10-9(4-1)5-3-7-11(10)12-8-13-15-16-14-12/h1-2,4,6,8,11H,3,5,7H2. The fourth-order valence-corrected chi connectivity index (χ4v) is 2.43. The van der Waals surface area contributed by atoms with E-state index in [1.165, 1.54) is 24.0 Å². The normalized spacial score (nSPS) is 19.1. The molecule has 0 fully saturated rings. The molecule has 0 bridgehead atoms. The number of fused-ring (bicyclic) bond motifs is 1. The molecule has 2 aromatic rings. The van der Waals surface area contributed by atoms with Crippen LogP contribution in [0.2, 0.25) is 0 Å². The Morgan fingerprint density at radius 2 is 2.06 bits per heavy atom. The molecule has 1 aromatic carbocycles. The molecule has 1 aliphatic carbocycles. The Bertz CT molecular complexity index is 483. The summed E-state index contributed by atoms with van der Waals surface area (Å²) in [6.07, 6.45) is 5.21. The Balaban J connectivity index is 2.05. The van der Waals surface area contributed by atoms with E-state index in [2.05, 4.69) is 44.9 Å². The minimum atomic E-state index is 0.341. The number of aryl methyl sites for hydroxylation is 1. The third kappa shape index (κ3) is 1.56. The zero-order valence-electron chi connectivity index (χ0n) is 8.87. The second-order valence-corrected chi connectivity index (χ2v) is 4.09. The van der Waals surface area contributed by atoms with Crippen molar-refractivity contribution in [2.24, 2.45) is 0 Å². The number of aromatic nitrogens is 4. The quantitative estimate of drug-likeness (QED) is 0.722. The molecule has 4 nitrogen and oxygen atoms in total. The van der Waals surface area contributed by atoms with E-state index < -0.39 is 0 Å². The van der Waals surface area contributed by atoms with E-state index in [1.54, 1.807) is 6.20 Å². The summed E-state index contributed by atoms with van der Waals surface area (Å²) in [5, 5.41) is 15.0. The van der Waals surface area contributed by atoms with Crippen molar-refractivity contribution in [3.63, 3.8) is 0 Å². The molecule has 0 spiro atoms. The molecule has 0 amide bonds. The molecule has 1 aromatic heterocycles. The summed E-state index contributed by atoms with van der Waals surface area (Å²) in [6.45, 7) is 0. The third-order valence-electron chi connectivity index (χ3n) is 3.17. The van der Waals surface area contributed by atoms with Crippen LogP contribution < -0.4 is 0 Å². The summed E-state index contributed by atoms with van der Waals surface area (Å²) in [7, 11) is 0. The van der Waals surface area contributed by atoms with E-state index in [9.17, 15) is 0 Å². The predicted octanol–water partition coefficient (Wildman–Crippen LogP) is 1.73. The van der Waals surface area contributed by atoms with Crippen molar-refractivity contribution in [3.8, 4) is 0 Å². The van der Waals surface area contributed by atoms with Gasteiger partial charge in [-0.25, -0.2) is 0 Å². The SMILES string of the molecule is c1ccc2c(c1)CCCC2c1cnnnn1. The van der Waals surface area contributed by atoms with Crippen molar-refractivity contribution < 1.29 is 0 Å². The van der Waals surface area contributed by atoms with E-state index in [0.717, 1.165) is 12.1 Å². The van der Waals surface area contributed by atoms with Crippen LogP contribution in [0.15, 0.2) is 30.5 Å². The monoisotopic (exact) mass is 212 g/mol. The van der Waals surface area contributed by atoms with Crippen LogP contribution in [0.4, 0.5) is 0 Å². The molecule has 1 atom stereocenters. The average molecular weight is 212 g/mol. The lowest BCUT2D eigenvalue weighted by Gasteiger charge is -2.23. The highest BCUT2D eigenvalue weighted by atomic mass is 15.4. The molecular formula is C12H12N4. The lowest BCUT2D eigenvalue weighted by Crippen LogP contribution is -2.13. The van der Waals surface area contributed by atoms with Crippen molar-refractivity contribution in [3.05, 3.63) is 47.3 Å². The molecule has 1 aliphatic rings. The van der Waals surface area contributed by atoms with Gasteiger partial charge >= 0.3 is 0 Å². The highest BCUT2D eigenvalue weighted by Crippen LogP contribution is 2.34. The van der Waals surface area contributed by atoms with Gasteiger partial charge in [0.2, 0.25) is 0 Å². The van der Waals surface area contributed by atoms with Crippen LogP contribution in [0, 0.1) is 0 Å². The Hall–Kier alpha value is -1.84. The van der Waals surface area contributed by atoms with E-state index in [1.807, 2.05) is 0 Å². The van der Waals surface area contributed by atoms with Gasteiger partial charge in [0.1, 0.15) is 0 Å². The maximum Gasteiger partial charge on any atom is 0.0925 e. The van der Waals surface area contributed by atoms with Crippen molar-refractivity contribution >= 4 is 0 Å². The maximum absolute atomic E-state index is 4.08. The van der Waals surface area contributed by atoms with Crippen LogP contribution >= 0.6 is 0 Å². The summed E-state index contributed by atoms with van der Waals surface area (Å²) in [4.78, 5) is 0. The van der Waals surface area contributed by atoms with Gasteiger partial charge in [-0.05, 0) is 40.8 Å². The lowest BCUT2D eigenvalue weighted by atomic mass is 9.81. The number of hydrogen-bond donors (Lipinski definition) is 0. The molecule has 0 N–H and O–H groups in total. The van der Waals surface area contributed by atoms with Crippen molar-refractivity contribution in [1.29, 1.82) is 0 Å². The fourth-order valence-electron chi connectivity index (χ4n) is 2.43. The smallest absolute Gasteiger partial charge is 0.0925 e. The molecule has 1 unspecified atom stereocenters. The number of hydrogen-bond acceptors (Lipinski definition) is 4. The lowest BCUT2D eigenvalue weighted by molar-refractivity contribution is 0.581. The summed E-state index contributed by atoms with van der Waals surface area (Å²) in [5.41, 5.74) is 3.73. The van der Waals surface area contributed by atoms with Gasteiger partial charge in [0.05, 0.1) is 11.9 Å². The first-order valence-corrected chi connectivity index (χ1v) is 5.54. The fraction of sp³-hybridized carbons (Fsp3) is 0.333. The Labute approximate surface area is 93.7 Å². The average Bonchev–Trinajstić information content (AvgIpc) is 2.39. The van der Waals surface area contributed by atoms with Gasteiger partial charge in [0.25, 0.3) is 0 Å². The largest absolute Gasteiger partial charge is 0.135 e. The molecule has 0 aliphatic heterocycles. The molecule has 0 saturated carbocycles. The Kier molecular flexibility index (Phi) is 2.33. The molecule has 3 rings (SSSR count). The third-order valence-corrected chi connectivity index (χ3v) is 3.17. The van der Waals surface area contributed by atoms with E-state index >= 15 is 0 Å². The molecule has 1 heterocycles. The second kappa shape index (κ2) is 3.96. The highest BCUT2D eigenvalue weighted by Gasteiger charge is 2.22. The van der Waals surface area contributed by atoms with Gasteiger partial charge in [-0.3, -0.25) is 0 Å². The zero-order valence-corrected chi connectivity index (χ0v) is 8.87. The predicted molar refractivity (Wildman–Crippen MR) is 58.8 cm³/mol. The van der Waals surface area contributed by atoms with Gasteiger partial charge in [0, 0.05) is 5.92 Å². The van der Waals surface area contributed by atoms with E-state index in [0.29, 0.717) is 5.92 Å². The first kappa shape index (κ1) is 9.39. The van der Waals surface area contributed by atoms with Gasteiger partial charge in [-0.15, -0.1) is 10.2 Å². The summed E-state index contributed by atoms with van der Waals surface area (Å²) < 4.78 is 0. The second-order valence-electron chi connectivity index (χ2n) is 4.09. The summed E-state index contributed by atoms with van der Waals surface area (Å²) >= 11 is 0. The Morgan fingerprint density at radius 1 is 1.12 bits per heavy atom. The minimum Gasteiger partial charge on any atom is -0.135 e. The molecular weight excluding hydrogens is 200 g/mol. The zero-order chi connectivity index (χ0) is 10.8. The number of benzene rings is 1. The van der Waals surface area contributed by atoms with Gasteiger partial charge in [-0.2, -0.15) is 0 Å². The first-order valence-electron chi connectivity index (χ1n) is 5.54. The maximum atomic E-state index is 4.08. The van der Waals surface area contributed by atoms with E-state index in [-0.39, 0.29) is 0 Å². The Morgan fingerprint density at radius 3 is 2.94 bits per heavy atom. The van der Waals surface area contributed by atoms with E-state index in [4.69, 9.17) is 0 Å². The number of nitrogens with zero attached hydrogens (tertiary/aromatic N) is 4. The number of rotatable bonds is 1. The van der Waals surface area contributed by atoms with Crippen LogP contribution in [0.5, 0.6) is 0 Å². The van der Waals surface area contributed by atoms with Crippen molar-refractivity contribution in [1.82, 2.24) is 20.6 Å². The molecule has 0 radical (unpaired) electrons. The topological polar surface area (TPSA) is 51.6 Å². The van der Waals surface area contributed by atoms with Crippen LogP contribution in [0.3, 0.4) is 0 Å².